The molecule has 49 valence electrons. The maximum Gasteiger partial charge on any atom is 0.330 e. The minimum Gasteiger partial charge on any atom is -0.430 e. The third-order valence-electron chi connectivity index (χ3n) is 1.55. The lowest BCUT2D eigenvalue weighted by molar-refractivity contribution is 0.345. The van der Waals surface area contributed by atoms with Gasteiger partial charge in [-0.15, -0.1) is 0 Å². The lowest BCUT2D eigenvalue weighted by atomic mass is 9.88. The first-order valence-corrected chi connectivity index (χ1v) is 4.17. The molecule has 1 aromatic carbocycles. The molecule has 0 fully saturated rings. The molecule has 3 heteroatoms. The van der Waals surface area contributed by atoms with Crippen LogP contribution < -0.4 is 5.46 Å². The molecule has 0 atom stereocenters. The maximum atomic E-state index is 5.14. The smallest absolute Gasteiger partial charge is 0.330 e. The molecule has 0 unspecified atom stereocenters. The van der Waals surface area contributed by atoms with Gasteiger partial charge < -0.3 is 4.65 Å². The van der Waals surface area contributed by atoms with Crippen LogP contribution in [0.3, 0.4) is 0 Å². The maximum absolute atomic E-state index is 5.14. The van der Waals surface area contributed by atoms with Gasteiger partial charge in [-0.25, -0.2) is 0 Å². The minimum absolute atomic E-state index is 0.742. The van der Waals surface area contributed by atoms with E-state index in [2.05, 4.69) is 40.8 Å². The van der Waals surface area contributed by atoms with Gasteiger partial charge in [-0.05, 0) is 45.7 Å². The molecule has 1 aromatic rings. The molecule has 0 saturated carbocycles. The lowest BCUT2D eigenvalue weighted by Gasteiger charge is -1.95. The monoisotopic (exact) mass is 243 g/mol. The Kier molecular flexibility index (Phi) is 1.70. The average molecular weight is 243 g/mol. The fourth-order valence-corrected chi connectivity index (χ4v) is 1.59. The first-order valence-electron chi connectivity index (χ1n) is 3.09. The van der Waals surface area contributed by atoms with Crippen molar-refractivity contribution in [2.45, 2.75) is 6.61 Å². The molecule has 0 aliphatic carbocycles. The summed E-state index contributed by atoms with van der Waals surface area (Å²) in [5.41, 5.74) is 2.52. The van der Waals surface area contributed by atoms with Gasteiger partial charge in [0.05, 0.1) is 6.61 Å². The summed E-state index contributed by atoms with van der Waals surface area (Å²) in [6.45, 7) is 0.742. The van der Waals surface area contributed by atoms with Gasteiger partial charge in [-0.3, -0.25) is 0 Å². The topological polar surface area (TPSA) is 9.23 Å². The van der Waals surface area contributed by atoms with Crippen molar-refractivity contribution in [1.29, 1.82) is 0 Å². The van der Waals surface area contributed by atoms with Crippen LogP contribution in [-0.2, 0) is 11.3 Å². The van der Waals surface area contributed by atoms with Crippen molar-refractivity contribution in [3.05, 3.63) is 27.3 Å². The summed E-state index contributed by atoms with van der Waals surface area (Å²) in [4.78, 5) is 0. The summed E-state index contributed by atoms with van der Waals surface area (Å²) in [6.07, 6.45) is 0. The van der Waals surface area contributed by atoms with Crippen molar-refractivity contribution >= 4 is 35.5 Å². The van der Waals surface area contributed by atoms with Crippen LogP contribution in [0.15, 0.2) is 18.2 Å². The number of hydrogen-bond acceptors (Lipinski definition) is 1. The molecule has 0 aromatic heterocycles. The van der Waals surface area contributed by atoms with Gasteiger partial charge in [0, 0.05) is 3.57 Å². The lowest BCUT2D eigenvalue weighted by Crippen LogP contribution is -2.10. The van der Waals surface area contributed by atoms with E-state index in [0.29, 0.717) is 0 Å². The molecule has 1 nitrogen and oxygen atoms in total. The van der Waals surface area contributed by atoms with Gasteiger partial charge in [0.1, 0.15) is 0 Å². The Hall–Kier alpha value is -0.0251. The zero-order chi connectivity index (χ0) is 6.97. The van der Waals surface area contributed by atoms with Crippen LogP contribution in [0.4, 0.5) is 0 Å². The van der Waals surface area contributed by atoms with Gasteiger partial charge in [0.15, 0.2) is 0 Å². The SMILES string of the molecule is Ic1ccc2c(c1)CO[B]2. The Bertz CT molecular complexity index is 262. The summed E-state index contributed by atoms with van der Waals surface area (Å²) >= 11 is 2.30. The number of halogens is 1. The van der Waals surface area contributed by atoms with Crippen LogP contribution in [0.2, 0.25) is 0 Å². The van der Waals surface area contributed by atoms with E-state index in [-0.39, 0.29) is 0 Å². The molecule has 0 N–H and O–H groups in total. The molecule has 2 rings (SSSR count). The van der Waals surface area contributed by atoms with Crippen molar-refractivity contribution in [2.24, 2.45) is 0 Å². The first-order chi connectivity index (χ1) is 4.86. The van der Waals surface area contributed by atoms with Crippen LogP contribution >= 0.6 is 22.6 Å². The van der Waals surface area contributed by atoms with E-state index in [9.17, 15) is 0 Å². The van der Waals surface area contributed by atoms with Crippen LogP contribution in [0.1, 0.15) is 5.56 Å². The van der Waals surface area contributed by atoms with E-state index < -0.39 is 0 Å². The third kappa shape index (κ3) is 1.08. The van der Waals surface area contributed by atoms with Gasteiger partial charge in [0.25, 0.3) is 0 Å². The fraction of sp³-hybridized carbons (Fsp3) is 0.143. The molecule has 1 heterocycles. The molecule has 0 amide bonds. The van der Waals surface area contributed by atoms with E-state index in [1.165, 1.54) is 14.6 Å². The highest BCUT2D eigenvalue weighted by Crippen LogP contribution is 2.10. The van der Waals surface area contributed by atoms with Crippen molar-refractivity contribution in [2.75, 3.05) is 0 Å². The Labute approximate surface area is 74.2 Å². The largest absolute Gasteiger partial charge is 0.430 e. The zero-order valence-electron chi connectivity index (χ0n) is 5.30. The average Bonchev–Trinajstić information content (AvgIpc) is 2.33. The molecular weight excluding hydrogens is 238 g/mol. The van der Waals surface area contributed by atoms with Crippen LogP contribution in [-0.4, -0.2) is 7.48 Å². The molecule has 0 saturated heterocycles. The van der Waals surface area contributed by atoms with Gasteiger partial charge in [-0.2, -0.15) is 0 Å². The number of rotatable bonds is 0. The minimum atomic E-state index is 0.742. The highest BCUT2D eigenvalue weighted by atomic mass is 127. The van der Waals surface area contributed by atoms with Gasteiger partial charge in [0.2, 0.25) is 0 Å². The fourth-order valence-electron chi connectivity index (χ4n) is 1.04. The van der Waals surface area contributed by atoms with Crippen molar-refractivity contribution in [1.82, 2.24) is 0 Å². The Morgan fingerprint density at radius 3 is 3.30 bits per heavy atom. The molecule has 1 radical (unpaired) electrons. The van der Waals surface area contributed by atoms with Crippen molar-refractivity contribution in [3.8, 4) is 0 Å². The Balaban J connectivity index is 2.52. The molecule has 1 aliphatic rings. The van der Waals surface area contributed by atoms with E-state index in [0.717, 1.165) is 6.61 Å². The van der Waals surface area contributed by atoms with E-state index >= 15 is 0 Å². The predicted octanol–water partition coefficient (Wildman–Crippen LogP) is 1.07. The van der Waals surface area contributed by atoms with Crippen molar-refractivity contribution in [3.63, 3.8) is 0 Å². The summed E-state index contributed by atoms with van der Waals surface area (Å²) < 4.78 is 6.41. The quantitative estimate of drug-likeness (QED) is 0.489. The Morgan fingerprint density at radius 2 is 2.40 bits per heavy atom. The molecule has 10 heavy (non-hydrogen) atoms. The van der Waals surface area contributed by atoms with Crippen LogP contribution in [0.5, 0.6) is 0 Å². The second-order valence-corrected chi connectivity index (χ2v) is 3.52. The normalized spacial score (nSPS) is 14.5. The van der Waals surface area contributed by atoms with Gasteiger partial charge in [-0.1, -0.05) is 6.07 Å². The van der Waals surface area contributed by atoms with E-state index in [1.54, 1.807) is 0 Å². The summed E-state index contributed by atoms with van der Waals surface area (Å²) in [7, 11) is 1.81. The number of fused-ring (bicyclic) bond motifs is 1. The highest BCUT2D eigenvalue weighted by Gasteiger charge is 2.11. The first kappa shape index (κ1) is 6.67. The van der Waals surface area contributed by atoms with Crippen molar-refractivity contribution < 1.29 is 4.65 Å². The van der Waals surface area contributed by atoms with Crippen LogP contribution in [0, 0.1) is 3.57 Å². The molecule has 0 bridgehead atoms. The Morgan fingerprint density at radius 1 is 1.50 bits per heavy atom. The van der Waals surface area contributed by atoms with E-state index in [4.69, 9.17) is 4.65 Å². The molecule has 1 aliphatic heterocycles. The van der Waals surface area contributed by atoms with Gasteiger partial charge >= 0.3 is 7.48 Å². The molecular formula is C7H5BIO. The summed E-state index contributed by atoms with van der Waals surface area (Å²) in [6, 6.07) is 6.33. The van der Waals surface area contributed by atoms with Crippen LogP contribution in [0.25, 0.3) is 0 Å². The zero-order valence-corrected chi connectivity index (χ0v) is 7.46. The second-order valence-electron chi connectivity index (χ2n) is 2.27. The third-order valence-corrected chi connectivity index (χ3v) is 2.23. The molecule has 0 spiro atoms. The summed E-state index contributed by atoms with van der Waals surface area (Å²) in [5.74, 6) is 0. The summed E-state index contributed by atoms with van der Waals surface area (Å²) in [5, 5.41) is 0. The van der Waals surface area contributed by atoms with E-state index in [1.807, 2.05) is 7.48 Å². The standard InChI is InChI=1S/C7H5BIO/c9-6-1-2-7-5(3-6)4-10-8-7/h1-3H,4H2. The number of benzene rings is 1. The predicted molar refractivity (Wildman–Crippen MR) is 49.3 cm³/mol. The highest BCUT2D eigenvalue weighted by molar-refractivity contribution is 14.1. The second kappa shape index (κ2) is 2.55. The number of hydrogen-bond donors (Lipinski definition) is 0.